The number of hydrogen-bond donors (Lipinski definition) is 1. The first-order chi connectivity index (χ1) is 5.63. The molecule has 0 unspecified atom stereocenters. The molecule has 0 aliphatic carbocycles. The Morgan fingerprint density at radius 3 is 2.00 bits per heavy atom. The molecule has 6 heteroatoms. The Morgan fingerprint density at radius 1 is 1.33 bits per heavy atom. The molecule has 0 bridgehead atoms. The van der Waals surface area contributed by atoms with Crippen LogP contribution in [0.25, 0.3) is 0 Å². The van der Waals surface area contributed by atoms with E-state index in [4.69, 9.17) is 15.4 Å². The summed E-state index contributed by atoms with van der Waals surface area (Å²) in [5.74, 6) is 0. The van der Waals surface area contributed by atoms with Crippen molar-refractivity contribution < 1.29 is 14.5 Å². The van der Waals surface area contributed by atoms with Crippen molar-refractivity contribution in [2.75, 3.05) is 20.3 Å². The highest BCUT2D eigenvalue weighted by atomic mass is 17.0. The van der Waals surface area contributed by atoms with Crippen molar-refractivity contribution in [2.24, 2.45) is 5.73 Å². The first-order valence-electron chi connectivity index (χ1n) is 3.72. The van der Waals surface area contributed by atoms with Crippen LogP contribution in [0.1, 0.15) is 13.8 Å². The lowest BCUT2D eigenvalue weighted by atomic mass is 10.9. The van der Waals surface area contributed by atoms with E-state index in [1.54, 1.807) is 13.8 Å². The first-order valence-corrected chi connectivity index (χ1v) is 3.72. The Balaban J connectivity index is 3.98. The fraction of sp³-hybridized carbons (Fsp3) is 0.833. The fourth-order valence-corrected chi connectivity index (χ4v) is 0.512. The van der Waals surface area contributed by atoms with E-state index in [1.807, 2.05) is 0 Å². The number of carbonyl (C=O) groups is 1. The standard InChI is InChI=1S/C6H15N3O3/c1-4-11-9(12-5-2)8(3)6(7)10/h4-5H2,1-3H3,(H2,7,10). The lowest BCUT2D eigenvalue weighted by molar-refractivity contribution is -0.438. The van der Waals surface area contributed by atoms with E-state index in [2.05, 4.69) is 0 Å². The Morgan fingerprint density at radius 2 is 1.75 bits per heavy atom. The van der Waals surface area contributed by atoms with Gasteiger partial charge in [0, 0.05) is 12.4 Å². The van der Waals surface area contributed by atoms with Crippen LogP contribution in [0.3, 0.4) is 0 Å². The summed E-state index contributed by atoms with van der Waals surface area (Å²) in [5.41, 5.74) is 4.98. The van der Waals surface area contributed by atoms with Gasteiger partial charge in [-0.05, 0) is 13.8 Å². The van der Waals surface area contributed by atoms with Crippen LogP contribution in [-0.2, 0) is 9.68 Å². The average molecular weight is 177 g/mol. The summed E-state index contributed by atoms with van der Waals surface area (Å²) in [6.45, 7) is 4.36. The zero-order valence-electron chi connectivity index (χ0n) is 7.61. The molecule has 0 atom stereocenters. The third kappa shape index (κ3) is 3.51. The van der Waals surface area contributed by atoms with Crippen LogP contribution < -0.4 is 5.73 Å². The number of amides is 2. The van der Waals surface area contributed by atoms with Gasteiger partial charge >= 0.3 is 6.03 Å². The lowest BCUT2D eigenvalue weighted by Gasteiger charge is -2.26. The van der Waals surface area contributed by atoms with E-state index in [1.165, 1.54) is 7.05 Å². The van der Waals surface area contributed by atoms with Crippen LogP contribution in [0.4, 0.5) is 4.79 Å². The van der Waals surface area contributed by atoms with Gasteiger partial charge in [-0.25, -0.2) is 9.80 Å². The number of hydrazine groups is 1. The maximum absolute atomic E-state index is 10.6. The summed E-state index contributed by atoms with van der Waals surface area (Å²) < 4.78 is 0. The van der Waals surface area contributed by atoms with Crippen molar-refractivity contribution in [3.63, 3.8) is 0 Å². The molecule has 0 spiro atoms. The third-order valence-corrected chi connectivity index (χ3v) is 1.04. The second-order valence-electron chi connectivity index (χ2n) is 1.94. The predicted molar refractivity (Wildman–Crippen MR) is 42.4 cm³/mol. The molecule has 0 aromatic heterocycles. The van der Waals surface area contributed by atoms with Gasteiger partial charge in [0.15, 0.2) is 0 Å². The van der Waals surface area contributed by atoms with Crippen LogP contribution in [0.15, 0.2) is 0 Å². The normalized spacial score (nSPS) is 10.3. The summed E-state index contributed by atoms with van der Waals surface area (Å²) in [6, 6.07) is -0.642. The maximum atomic E-state index is 10.6. The first kappa shape index (κ1) is 11.2. The molecule has 0 aliphatic rings. The van der Waals surface area contributed by atoms with Gasteiger partial charge in [-0.15, -0.1) is 0 Å². The van der Waals surface area contributed by atoms with Crippen molar-refractivity contribution in [2.45, 2.75) is 13.8 Å². The molecule has 0 heterocycles. The van der Waals surface area contributed by atoms with Crippen LogP contribution in [0, 0.1) is 0 Å². The van der Waals surface area contributed by atoms with Gasteiger partial charge in [0.1, 0.15) is 0 Å². The van der Waals surface area contributed by atoms with E-state index >= 15 is 0 Å². The number of nitrogens with two attached hydrogens (primary N) is 1. The van der Waals surface area contributed by atoms with Gasteiger partial charge in [-0.1, -0.05) is 0 Å². The summed E-state index contributed by atoms with van der Waals surface area (Å²) in [6.07, 6.45) is 0. The number of primary amides is 1. The molecule has 0 rings (SSSR count). The highest BCUT2D eigenvalue weighted by Crippen LogP contribution is 1.96. The molecule has 0 saturated carbocycles. The van der Waals surface area contributed by atoms with Crippen molar-refractivity contribution in [3.05, 3.63) is 0 Å². The van der Waals surface area contributed by atoms with Gasteiger partial charge in [-0.2, -0.15) is 0 Å². The predicted octanol–water partition coefficient (Wildman–Crippen LogP) is 0.117. The van der Waals surface area contributed by atoms with E-state index in [0.29, 0.717) is 13.2 Å². The highest BCUT2D eigenvalue weighted by Gasteiger charge is 2.14. The lowest BCUT2D eigenvalue weighted by Crippen LogP contribution is -2.46. The molecule has 0 aliphatic heterocycles. The summed E-state index contributed by atoms with van der Waals surface area (Å²) in [4.78, 5) is 20.5. The summed E-state index contributed by atoms with van der Waals surface area (Å²) >= 11 is 0. The molecule has 0 radical (unpaired) electrons. The van der Waals surface area contributed by atoms with E-state index < -0.39 is 6.03 Å². The SMILES string of the molecule is CCON(OCC)N(C)C(N)=O. The summed E-state index contributed by atoms with van der Waals surface area (Å²) in [7, 11) is 1.45. The largest absolute Gasteiger partial charge is 0.350 e. The smallest absolute Gasteiger partial charge is 0.332 e. The minimum atomic E-state index is -0.642. The molecule has 0 fully saturated rings. The number of nitrogens with zero attached hydrogens (tertiary/aromatic N) is 2. The molecule has 2 amide bonds. The quantitative estimate of drug-likeness (QED) is 0.605. The minimum Gasteiger partial charge on any atom is -0.350 e. The molecular formula is C6H15N3O3. The number of hydrogen-bond acceptors (Lipinski definition) is 4. The van der Waals surface area contributed by atoms with E-state index in [9.17, 15) is 4.79 Å². The molecule has 6 nitrogen and oxygen atoms in total. The van der Waals surface area contributed by atoms with Crippen molar-refractivity contribution in [1.82, 2.24) is 10.3 Å². The Bertz CT molecular complexity index is 136. The van der Waals surface area contributed by atoms with Gasteiger partial charge in [0.25, 0.3) is 0 Å². The van der Waals surface area contributed by atoms with Crippen molar-refractivity contribution >= 4 is 6.03 Å². The number of carbonyl (C=O) groups excluding carboxylic acids is 1. The Labute approximate surface area is 71.7 Å². The molecule has 0 aromatic carbocycles. The monoisotopic (exact) mass is 177 g/mol. The van der Waals surface area contributed by atoms with Crippen LogP contribution in [0.2, 0.25) is 0 Å². The van der Waals surface area contributed by atoms with Gasteiger partial charge < -0.3 is 5.73 Å². The van der Waals surface area contributed by atoms with Crippen LogP contribution in [0.5, 0.6) is 0 Å². The molecule has 12 heavy (non-hydrogen) atoms. The van der Waals surface area contributed by atoms with Gasteiger partial charge in [0.05, 0.1) is 13.2 Å². The topological polar surface area (TPSA) is 68.0 Å². The van der Waals surface area contributed by atoms with Gasteiger partial charge in [-0.3, -0.25) is 9.68 Å². The molecule has 2 N–H and O–H groups in total. The number of urea groups is 1. The molecule has 0 aromatic rings. The Hall–Kier alpha value is -0.850. The molecule has 72 valence electrons. The average Bonchev–Trinajstić information content (AvgIpc) is 2.03. The zero-order chi connectivity index (χ0) is 9.56. The van der Waals surface area contributed by atoms with E-state index in [-0.39, 0.29) is 0 Å². The molecule has 0 saturated heterocycles. The van der Waals surface area contributed by atoms with Crippen LogP contribution in [-0.4, -0.2) is 36.6 Å². The fourth-order valence-electron chi connectivity index (χ4n) is 0.512. The summed E-state index contributed by atoms with van der Waals surface area (Å²) in [5, 5.41) is 2.00. The van der Waals surface area contributed by atoms with Gasteiger partial charge in [0.2, 0.25) is 0 Å². The highest BCUT2D eigenvalue weighted by molar-refractivity contribution is 5.70. The van der Waals surface area contributed by atoms with Crippen molar-refractivity contribution in [1.29, 1.82) is 0 Å². The third-order valence-electron chi connectivity index (χ3n) is 1.04. The van der Waals surface area contributed by atoms with Crippen molar-refractivity contribution in [3.8, 4) is 0 Å². The second-order valence-corrected chi connectivity index (χ2v) is 1.94. The minimum absolute atomic E-state index is 0.400. The molecular weight excluding hydrogens is 162 g/mol. The number of rotatable bonds is 5. The van der Waals surface area contributed by atoms with Crippen LogP contribution >= 0.6 is 0 Å². The zero-order valence-corrected chi connectivity index (χ0v) is 7.61. The van der Waals surface area contributed by atoms with E-state index in [0.717, 1.165) is 10.3 Å². The maximum Gasteiger partial charge on any atom is 0.332 e. The Kier molecular flexibility index (Phi) is 5.35. The second kappa shape index (κ2) is 5.76.